The molecule has 0 fully saturated rings. The van der Waals surface area contributed by atoms with Crippen molar-refractivity contribution < 1.29 is 0 Å². The van der Waals surface area contributed by atoms with Crippen LogP contribution in [0.5, 0.6) is 0 Å². The maximum absolute atomic E-state index is 5.83. The van der Waals surface area contributed by atoms with Crippen LogP contribution >= 0.6 is 11.6 Å². The van der Waals surface area contributed by atoms with Crippen LogP contribution in [-0.2, 0) is 0 Å². The van der Waals surface area contributed by atoms with E-state index in [1.807, 2.05) is 24.7 Å². The van der Waals surface area contributed by atoms with Gasteiger partial charge in [-0.1, -0.05) is 0 Å². The lowest BCUT2D eigenvalue weighted by Gasteiger charge is -2.14. The zero-order valence-electron chi connectivity index (χ0n) is 5.39. The predicted molar refractivity (Wildman–Crippen MR) is 42.1 cm³/mol. The summed E-state index contributed by atoms with van der Waals surface area (Å²) in [6.07, 6.45) is 0. The highest BCUT2D eigenvalue weighted by Crippen LogP contribution is 1.95. The number of hydrogen-bond donors (Lipinski definition) is 0. The zero-order chi connectivity index (χ0) is 6.57. The summed E-state index contributed by atoms with van der Waals surface area (Å²) in [4.78, 5) is 2.01. The third-order valence-corrected chi connectivity index (χ3v) is 3.30. The summed E-state index contributed by atoms with van der Waals surface area (Å²) in [6.45, 7) is 3.63. The zero-order valence-corrected chi connectivity index (χ0v) is 7.56. The van der Waals surface area contributed by atoms with Gasteiger partial charge in [-0.3, -0.25) is 4.90 Å². The average molecular weight is 150 g/mol. The molecule has 0 aliphatic rings. The molecule has 0 aromatic carbocycles. The normalized spacial score (nSPS) is 15.5. The summed E-state index contributed by atoms with van der Waals surface area (Å²) < 4.78 is 0. The van der Waals surface area contributed by atoms with Crippen LogP contribution in [0, 0.1) is 0 Å². The van der Waals surface area contributed by atoms with Crippen molar-refractivity contribution in [2.75, 3.05) is 14.1 Å². The van der Waals surface area contributed by atoms with Gasteiger partial charge < -0.3 is 0 Å². The standard InChI is InChI=1S/C5H12ClNSi/c1-4-8-5(6)7(2)3/h4-5H,1,8H2,2-3H3. The third-order valence-electron chi connectivity index (χ3n) is 0.921. The molecule has 0 aliphatic carbocycles. The van der Waals surface area contributed by atoms with Crippen LogP contribution in [0.2, 0.25) is 0 Å². The largest absolute Gasteiger partial charge is 0.297 e. The quantitative estimate of drug-likeness (QED) is 0.319. The molecule has 0 aliphatic heterocycles. The van der Waals surface area contributed by atoms with Gasteiger partial charge in [-0.2, -0.15) is 0 Å². The van der Waals surface area contributed by atoms with Gasteiger partial charge in [-0.05, 0) is 14.1 Å². The lowest BCUT2D eigenvalue weighted by Crippen LogP contribution is -2.26. The molecule has 48 valence electrons. The van der Waals surface area contributed by atoms with Crippen molar-refractivity contribution in [3.63, 3.8) is 0 Å². The van der Waals surface area contributed by atoms with Crippen molar-refractivity contribution in [3.05, 3.63) is 12.3 Å². The van der Waals surface area contributed by atoms with E-state index in [0.717, 1.165) is 0 Å². The molecule has 1 unspecified atom stereocenters. The fourth-order valence-electron chi connectivity index (χ4n) is 0.348. The smallest absolute Gasteiger partial charge is 0.0831 e. The van der Waals surface area contributed by atoms with Gasteiger partial charge in [0.15, 0.2) is 0 Å². The molecule has 0 rings (SSSR count). The van der Waals surface area contributed by atoms with E-state index >= 15 is 0 Å². The van der Waals surface area contributed by atoms with E-state index in [0.29, 0.717) is 0 Å². The summed E-state index contributed by atoms with van der Waals surface area (Å²) in [5.74, 6) is 0. The first kappa shape index (κ1) is 8.21. The first-order chi connectivity index (χ1) is 3.68. The summed E-state index contributed by atoms with van der Waals surface area (Å²) in [5, 5.41) is 0.243. The molecular weight excluding hydrogens is 138 g/mol. The Balaban J connectivity index is 3.30. The van der Waals surface area contributed by atoms with Crippen LogP contribution in [0.3, 0.4) is 0 Å². The fraction of sp³-hybridized carbons (Fsp3) is 0.600. The summed E-state index contributed by atoms with van der Waals surface area (Å²) in [6, 6.07) is 0. The number of rotatable bonds is 3. The molecule has 0 saturated heterocycles. The molecule has 0 bridgehead atoms. The Morgan fingerprint density at radius 2 is 2.25 bits per heavy atom. The highest BCUT2D eigenvalue weighted by Gasteiger charge is 2.02. The molecule has 0 amide bonds. The Bertz CT molecular complexity index is 74.8. The van der Waals surface area contributed by atoms with Gasteiger partial charge in [0.2, 0.25) is 0 Å². The van der Waals surface area contributed by atoms with E-state index in [1.165, 1.54) is 0 Å². The summed E-state index contributed by atoms with van der Waals surface area (Å²) in [5.41, 5.74) is 1.96. The van der Waals surface area contributed by atoms with Crippen LogP contribution in [0.15, 0.2) is 12.3 Å². The molecule has 0 aromatic heterocycles. The molecule has 1 nitrogen and oxygen atoms in total. The lowest BCUT2D eigenvalue weighted by atomic mass is 11.0. The van der Waals surface area contributed by atoms with Crippen LogP contribution < -0.4 is 0 Å². The van der Waals surface area contributed by atoms with Gasteiger partial charge >= 0.3 is 0 Å². The van der Waals surface area contributed by atoms with E-state index in [4.69, 9.17) is 11.6 Å². The van der Waals surface area contributed by atoms with Crippen LogP contribution in [0.4, 0.5) is 0 Å². The first-order valence-corrected chi connectivity index (χ1v) is 4.67. The van der Waals surface area contributed by atoms with Crippen molar-refractivity contribution in [3.8, 4) is 0 Å². The Hall–Kier alpha value is 0.207. The second kappa shape index (κ2) is 4.12. The molecule has 1 atom stereocenters. The van der Waals surface area contributed by atoms with E-state index in [1.54, 1.807) is 0 Å². The van der Waals surface area contributed by atoms with Crippen molar-refractivity contribution in [1.82, 2.24) is 4.90 Å². The molecular formula is C5H12ClNSi. The van der Waals surface area contributed by atoms with Gasteiger partial charge in [0.25, 0.3) is 0 Å². The Morgan fingerprint density at radius 1 is 1.75 bits per heavy atom. The molecule has 0 aromatic rings. The van der Waals surface area contributed by atoms with Gasteiger partial charge in [0.05, 0.1) is 14.6 Å². The predicted octanol–water partition coefficient (Wildman–Crippen LogP) is 0.383. The molecule has 0 saturated carbocycles. The number of alkyl halides is 1. The maximum atomic E-state index is 5.83. The second-order valence-corrected chi connectivity index (χ2v) is 4.77. The molecule has 3 heteroatoms. The molecule has 0 spiro atoms. The van der Waals surface area contributed by atoms with Gasteiger partial charge in [-0.25, -0.2) is 0 Å². The highest BCUT2D eigenvalue weighted by atomic mass is 35.5. The number of halogens is 1. The Kier molecular flexibility index (Phi) is 4.23. The van der Waals surface area contributed by atoms with Gasteiger partial charge in [0.1, 0.15) is 0 Å². The van der Waals surface area contributed by atoms with E-state index < -0.39 is 0 Å². The Labute approximate surface area is 58.1 Å². The Morgan fingerprint density at radius 3 is 2.38 bits per heavy atom. The van der Waals surface area contributed by atoms with E-state index in [-0.39, 0.29) is 14.6 Å². The van der Waals surface area contributed by atoms with Gasteiger partial charge in [-0.15, -0.1) is 23.9 Å². The topological polar surface area (TPSA) is 3.24 Å². The average Bonchev–Trinajstić information content (AvgIpc) is 1.67. The monoisotopic (exact) mass is 149 g/mol. The van der Waals surface area contributed by atoms with Crippen molar-refractivity contribution >= 4 is 21.1 Å². The maximum Gasteiger partial charge on any atom is 0.0831 e. The van der Waals surface area contributed by atoms with E-state index in [9.17, 15) is 0 Å². The minimum absolute atomic E-state index is 0.243. The van der Waals surface area contributed by atoms with Crippen LogP contribution in [0.1, 0.15) is 0 Å². The number of nitrogens with zero attached hydrogens (tertiary/aromatic N) is 1. The van der Waals surface area contributed by atoms with Crippen LogP contribution in [0.25, 0.3) is 0 Å². The molecule has 0 heterocycles. The second-order valence-electron chi connectivity index (χ2n) is 1.92. The molecule has 0 radical (unpaired) electrons. The number of hydrogen-bond acceptors (Lipinski definition) is 1. The van der Waals surface area contributed by atoms with Gasteiger partial charge in [0, 0.05) is 0 Å². The first-order valence-electron chi connectivity index (χ1n) is 2.60. The molecule has 8 heavy (non-hydrogen) atoms. The highest BCUT2D eigenvalue weighted by molar-refractivity contribution is 6.56. The van der Waals surface area contributed by atoms with Crippen molar-refractivity contribution in [2.45, 2.75) is 5.12 Å². The minimum atomic E-state index is -0.246. The minimum Gasteiger partial charge on any atom is -0.297 e. The third kappa shape index (κ3) is 3.24. The fourth-order valence-corrected chi connectivity index (χ4v) is 1.42. The van der Waals surface area contributed by atoms with Crippen molar-refractivity contribution in [2.24, 2.45) is 0 Å². The van der Waals surface area contributed by atoms with Crippen LogP contribution in [-0.4, -0.2) is 33.6 Å². The summed E-state index contributed by atoms with van der Waals surface area (Å²) in [7, 11) is 3.71. The molecule has 0 N–H and O–H groups in total. The SMILES string of the molecule is C=C[SiH2]C(Cl)N(C)C. The lowest BCUT2D eigenvalue weighted by molar-refractivity contribution is 0.446. The van der Waals surface area contributed by atoms with Crippen molar-refractivity contribution in [1.29, 1.82) is 0 Å². The summed E-state index contributed by atoms with van der Waals surface area (Å²) >= 11 is 5.83. The van der Waals surface area contributed by atoms with E-state index in [2.05, 4.69) is 6.58 Å².